The van der Waals surface area contributed by atoms with Crippen LogP contribution in [0.15, 0.2) is 30.3 Å². The van der Waals surface area contributed by atoms with Gasteiger partial charge in [-0.25, -0.2) is 4.98 Å². The SMILES string of the molecule is COC(=O)C(N)Cc1ccc2cccc(OC)c2n1. The van der Waals surface area contributed by atoms with Crippen LogP contribution in [-0.2, 0) is 16.0 Å². The number of esters is 1. The van der Waals surface area contributed by atoms with Gasteiger partial charge in [-0.15, -0.1) is 0 Å². The Hall–Kier alpha value is -2.14. The van der Waals surface area contributed by atoms with Gasteiger partial charge in [0.1, 0.15) is 17.3 Å². The summed E-state index contributed by atoms with van der Waals surface area (Å²) in [5, 5.41) is 0.981. The standard InChI is InChI=1S/C14H16N2O3/c1-18-12-5-3-4-9-6-7-10(16-13(9)12)8-11(15)14(17)19-2/h3-7,11H,8,15H2,1-2H3. The zero-order valence-electron chi connectivity index (χ0n) is 10.9. The first-order valence-electron chi connectivity index (χ1n) is 5.91. The van der Waals surface area contributed by atoms with E-state index in [9.17, 15) is 4.79 Å². The number of fused-ring (bicyclic) bond motifs is 1. The number of nitrogens with two attached hydrogens (primary N) is 1. The predicted molar refractivity (Wildman–Crippen MR) is 72.0 cm³/mol. The molecule has 0 amide bonds. The third-order valence-corrected chi connectivity index (χ3v) is 2.89. The molecule has 2 N–H and O–H groups in total. The molecule has 1 unspecified atom stereocenters. The number of rotatable bonds is 4. The van der Waals surface area contributed by atoms with Crippen LogP contribution in [0.4, 0.5) is 0 Å². The van der Waals surface area contributed by atoms with Crippen LogP contribution in [0.5, 0.6) is 5.75 Å². The van der Waals surface area contributed by atoms with E-state index in [1.807, 2.05) is 30.3 Å². The van der Waals surface area contributed by atoms with Gasteiger partial charge in [0.05, 0.1) is 14.2 Å². The maximum atomic E-state index is 11.3. The van der Waals surface area contributed by atoms with E-state index >= 15 is 0 Å². The highest BCUT2D eigenvalue weighted by atomic mass is 16.5. The molecule has 19 heavy (non-hydrogen) atoms. The molecule has 5 heteroatoms. The lowest BCUT2D eigenvalue weighted by Gasteiger charge is -2.10. The van der Waals surface area contributed by atoms with Crippen molar-refractivity contribution in [1.29, 1.82) is 0 Å². The average molecular weight is 260 g/mol. The Morgan fingerprint density at radius 1 is 1.32 bits per heavy atom. The molecule has 0 bridgehead atoms. The van der Waals surface area contributed by atoms with Crippen molar-refractivity contribution >= 4 is 16.9 Å². The number of para-hydroxylation sites is 1. The number of hydrogen-bond donors (Lipinski definition) is 1. The summed E-state index contributed by atoms with van der Waals surface area (Å²) >= 11 is 0. The summed E-state index contributed by atoms with van der Waals surface area (Å²) in [5.41, 5.74) is 7.22. The van der Waals surface area contributed by atoms with Gasteiger partial charge in [0.15, 0.2) is 0 Å². The highest BCUT2D eigenvalue weighted by Crippen LogP contribution is 2.23. The summed E-state index contributed by atoms with van der Waals surface area (Å²) in [7, 11) is 2.92. The molecule has 0 radical (unpaired) electrons. The molecule has 100 valence electrons. The number of carbonyl (C=O) groups excluding carboxylic acids is 1. The number of methoxy groups -OCH3 is 2. The number of ether oxygens (including phenoxy) is 2. The molecular formula is C14H16N2O3. The molecule has 0 spiro atoms. The lowest BCUT2D eigenvalue weighted by molar-refractivity contribution is -0.142. The third-order valence-electron chi connectivity index (χ3n) is 2.89. The zero-order chi connectivity index (χ0) is 13.8. The van der Waals surface area contributed by atoms with E-state index in [1.165, 1.54) is 7.11 Å². The molecule has 0 saturated carbocycles. The van der Waals surface area contributed by atoms with E-state index in [1.54, 1.807) is 7.11 Å². The molecule has 0 fully saturated rings. The fraction of sp³-hybridized carbons (Fsp3) is 0.286. The molecule has 5 nitrogen and oxygen atoms in total. The van der Waals surface area contributed by atoms with Crippen LogP contribution in [0.25, 0.3) is 10.9 Å². The van der Waals surface area contributed by atoms with Crippen molar-refractivity contribution in [1.82, 2.24) is 4.98 Å². The highest BCUT2D eigenvalue weighted by molar-refractivity contribution is 5.84. The van der Waals surface area contributed by atoms with Gasteiger partial charge >= 0.3 is 5.97 Å². The number of nitrogens with zero attached hydrogens (tertiary/aromatic N) is 1. The Morgan fingerprint density at radius 3 is 2.79 bits per heavy atom. The van der Waals surface area contributed by atoms with Gasteiger partial charge in [-0.2, -0.15) is 0 Å². The van der Waals surface area contributed by atoms with Crippen molar-refractivity contribution in [3.05, 3.63) is 36.0 Å². The minimum atomic E-state index is -0.704. The second-order valence-corrected chi connectivity index (χ2v) is 4.17. The summed E-state index contributed by atoms with van der Waals surface area (Å²) in [6, 6.07) is 8.79. The van der Waals surface area contributed by atoms with Gasteiger partial charge in [0, 0.05) is 17.5 Å². The molecule has 1 aromatic carbocycles. The van der Waals surface area contributed by atoms with Gasteiger partial charge in [0.2, 0.25) is 0 Å². The first-order chi connectivity index (χ1) is 9.15. The Bertz CT molecular complexity index is 598. The number of carbonyl (C=O) groups is 1. The number of pyridine rings is 1. The number of hydrogen-bond acceptors (Lipinski definition) is 5. The molecule has 1 atom stereocenters. The molecule has 0 aliphatic rings. The molecular weight excluding hydrogens is 244 g/mol. The molecule has 2 aromatic rings. The maximum Gasteiger partial charge on any atom is 0.323 e. The summed E-state index contributed by atoms with van der Waals surface area (Å²) in [5.74, 6) is 0.257. The molecule has 1 aromatic heterocycles. The fourth-order valence-electron chi connectivity index (χ4n) is 1.90. The molecule has 0 aliphatic heterocycles. The maximum absolute atomic E-state index is 11.3. The summed E-state index contributed by atoms with van der Waals surface area (Å²) < 4.78 is 9.87. The van der Waals surface area contributed by atoms with Crippen LogP contribution in [0, 0.1) is 0 Å². The van der Waals surface area contributed by atoms with Crippen LogP contribution >= 0.6 is 0 Å². The first-order valence-corrected chi connectivity index (χ1v) is 5.91. The number of benzene rings is 1. The van der Waals surface area contributed by atoms with Gasteiger partial charge in [0.25, 0.3) is 0 Å². The normalized spacial score (nSPS) is 12.2. The van der Waals surface area contributed by atoms with Crippen LogP contribution < -0.4 is 10.5 Å². The Morgan fingerprint density at radius 2 is 2.11 bits per heavy atom. The minimum Gasteiger partial charge on any atom is -0.494 e. The van der Waals surface area contributed by atoms with Gasteiger partial charge in [-0.3, -0.25) is 4.79 Å². The van der Waals surface area contributed by atoms with Crippen molar-refractivity contribution in [3.8, 4) is 5.75 Å². The quantitative estimate of drug-likeness (QED) is 0.838. The minimum absolute atomic E-state index is 0.334. The van der Waals surface area contributed by atoms with Crippen LogP contribution in [0.3, 0.4) is 0 Å². The van der Waals surface area contributed by atoms with E-state index in [0.29, 0.717) is 12.2 Å². The topological polar surface area (TPSA) is 74.4 Å². The lowest BCUT2D eigenvalue weighted by atomic mass is 10.1. The average Bonchev–Trinajstić information content (AvgIpc) is 2.45. The van der Waals surface area contributed by atoms with Gasteiger partial charge < -0.3 is 15.2 Å². The molecule has 2 rings (SSSR count). The monoisotopic (exact) mass is 260 g/mol. The van der Waals surface area contributed by atoms with E-state index in [4.69, 9.17) is 10.5 Å². The van der Waals surface area contributed by atoms with Crippen LogP contribution in [0.1, 0.15) is 5.69 Å². The van der Waals surface area contributed by atoms with Crippen LogP contribution in [0.2, 0.25) is 0 Å². The summed E-state index contributed by atoms with van der Waals surface area (Å²) in [6.45, 7) is 0. The smallest absolute Gasteiger partial charge is 0.323 e. The Kier molecular flexibility index (Phi) is 3.97. The third kappa shape index (κ3) is 2.82. The number of aromatic nitrogens is 1. The Labute approximate surface area is 111 Å². The van der Waals surface area contributed by atoms with Crippen LogP contribution in [-0.4, -0.2) is 31.2 Å². The van der Waals surface area contributed by atoms with Crippen molar-refractivity contribution in [2.75, 3.05) is 14.2 Å². The van der Waals surface area contributed by atoms with Crippen molar-refractivity contribution in [2.45, 2.75) is 12.5 Å². The first kappa shape index (κ1) is 13.3. The summed E-state index contributed by atoms with van der Waals surface area (Å²) in [6.07, 6.45) is 0.334. The second-order valence-electron chi connectivity index (χ2n) is 4.17. The lowest BCUT2D eigenvalue weighted by Crippen LogP contribution is -2.33. The fourth-order valence-corrected chi connectivity index (χ4v) is 1.90. The highest BCUT2D eigenvalue weighted by Gasteiger charge is 2.15. The van der Waals surface area contributed by atoms with Gasteiger partial charge in [-0.05, 0) is 12.1 Å². The van der Waals surface area contributed by atoms with Crippen molar-refractivity contribution < 1.29 is 14.3 Å². The predicted octanol–water partition coefficient (Wildman–Crippen LogP) is 1.29. The van der Waals surface area contributed by atoms with Gasteiger partial charge in [-0.1, -0.05) is 18.2 Å². The van der Waals surface area contributed by atoms with Crippen molar-refractivity contribution in [3.63, 3.8) is 0 Å². The zero-order valence-corrected chi connectivity index (χ0v) is 10.9. The largest absolute Gasteiger partial charge is 0.494 e. The van der Waals surface area contributed by atoms with E-state index in [-0.39, 0.29) is 0 Å². The van der Waals surface area contributed by atoms with E-state index < -0.39 is 12.0 Å². The molecule has 1 heterocycles. The molecule has 0 saturated heterocycles. The summed E-state index contributed by atoms with van der Waals surface area (Å²) in [4.78, 5) is 15.8. The molecule has 0 aliphatic carbocycles. The van der Waals surface area contributed by atoms with E-state index in [2.05, 4.69) is 9.72 Å². The van der Waals surface area contributed by atoms with E-state index in [0.717, 1.165) is 16.6 Å². The Balaban J connectivity index is 2.33. The second kappa shape index (κ2) is 5.67. The van der Waals surface area contributed by atoms with Crippen molar-refractivity contribution in [2.24, 2.45) is 5.73 Å².